The molecule has 0 saturated carbocycles. The predicted molar refractivity (Wildman–Crippen MR) is 42.6 cm³/mol. The highest BCUT2D eigenvalue weighted by molar-refractivity contribution is 8.10. The molecule has 0 aromatic carbocycles. The van der Waals surface area contributed by atoms with Gasteiger partial charge in [0.2, 0.25) is 0 Å². The van der Waals surface area contributed by atoms with Crippen LogP contribution in [-0.4, -0.2) is 11.3 Å². The van der Waals surface area contributed by atoms with Gasteiger partial charge in [-0.15, -0.1) is 0 Å². The summed E-state index contributed by atoms with van der Waals surface area (Å²) in [6.45, 7) is 1.55. The van der Waals surface area contributed by atoms with E-state index in [2.05, 4.69) is 9.71 Å². The van der Waals surface area contributed by atoms with Gasteiger partial charge >= 0.3 is 0 Å². The van der Waals surface area contributed by atoms with Crippen molar-refractivity contribution in [3.63, 3.8) is 0 Å². The van der Waals surface area contributed by atoms with E-state index >= 15 is 0 Å². The standard InChI is InChI=1S/C6H8N2OS/c1-5(9)2-6-3-8-10-4-7-6/h3-4,8H,2H2,1H3. The molecule has 0 aromatic heterocycles. The molecule has 0 fully saturated rings. The maximum absolute atomic E-state index is 10.6. The van der Waals surface area contributed by atoms with Gasteiger partial charge in [-0.3, -0.25) is 9.79 Å². The van der Waals surface area contributed by atoms with Crippen LogP contribution in [0.1, 0.15) is 13.3 Å². The van der Waals surface area contributed by atoms with Gasteiger partial charge in [-0.1, -0.05) is 0 Å². The highest BCUT2D eigenvalue weighted by Gasteiger charge is 2.00. The Bertz CT molecular complexity index is 198. The lowest BCUT2D eigenvalue weighted by Gasteiger charge is -2.03. The summed E-state index contributed by atoms with van der Waals surface area (Å²) in [6, 6.07) is 0. The van der Waals surface area contributed by atoms with Crippen molar-refractivity contribution in [2.45, 2.75) is 13.3 Å². The summed E-state index contributed by atoms with van der Waals surface area (Å²) >= 11 is 1.40. The Kier molecular flexibility index (Phi) is 2.50. The van der Waals surface area contributed by atoms with E-state index < -0.39 is 0 Å². The van der Waals surface area contributed by atoms with Crippen LogP contribution >= 0.6 is 11.9 Å². The number of Topliss-reactive ketones (excluding diaryl/α,β-unsaturated/α-hetero) is 1. The van der Waals surface area contributed by atoms with Crippen LogP contribution in [0.2, 0.25) is 0 Å². The fraction of sp³-hybridized carbons (Fsp3) is 0.333. The van der Waals surface area contributed by atoms with Crippen LogP contribution in [0.4, 0.5) is 0 Å². The van der Waals surface area contributed by atoms with E-state index in [9.17, 15) is 4.79 Å². The Hall–Kier alpha value is -0.770. The summed E-state index contributed by atoms with van der Waals surface area (Å²) in [5, 5.41) is 0. The van der Waals surface area contributed by atoms with Crippen LogP contribution in [0.25, 0.3) is 0 Å². The van der Waals surface area contributed by atoms with Gasteiger partial charge in [0.25, 0.3) is 0 Å². The maximum Gasteiger partial charge on any atom is 0.135 e. The summed E-state index contributed by atoms with van der Waals surface area (Å²) in [4.78, 5) is 14.5. The van der Waals surface area contributed by atoms with Crippen molar-refractivity contribution in [1.82, 2.24) is 4.72 Å². The molecule has 4 heteroatoms. The van der Waals surface area contributed by atoms with Gasteiger partial charge in [-0.05, 0) is 18.9 Å². The Labute approximate surface area is 63.7 Å². The smallest absolute Gasteiger partial charge is 0.135 e. The second kappa shape index (κ2) is 3.41. The molecule has 1 aliphatic heterocycles. The summed E-state index contributed by atoms with van der Waals surface area (Å²) < 4.78 is 2.89. The number of aliphatic imine (C=N–C) groups is 1. The van der Waals surface area contributed by atoms with Crippen molar-refractivity contribution < 1.29 is 4.79 Å². The minimum Gasteiger partial charge on any atom is -0.330 e. The van der Waals surface area contributed by atoms with Gasteiger partial charge in [0.1, 0.15) is 5.78 Å². The number of hydrogen-bond donors (Lipinski definition) is 1. The third kappa shape index (κ3) is 2.23. The lowest BCUT2D eigenvalue weighted by Crippen LogP contribution is -2.02. The largest absolute Gasteiger partial charge is 0.330 e. The zero-order valence-corrected chi connectivity index (χ0v) is 6.44. The number of nitrogens with one attached hydrogen (secondary N) is 1. The fourth-order valence-electron chi connectivity index (χ4n) is 0.616. The Morgan fingerprint density at radius 2 is 2.70 bits per heavy atom. The molecule has 10 heavy (non-hydrogen) atoms. The molecular formula is C6H8N2OS. The highest BCUT2D eigenvalue weighted by Crippen LogP contribution is 2.08. The van der Waals surface area contributed by atoms with Crippen molar-refractivity contribution in [1.29, 1.82) is 0 Å². The van der Waals surface area contributed by atoms with E-state index in [1.807, 2.05) is 0 Å². The van der Waals surface area contributed by atoms with Crippen LogP contribution in [0.3, 0.4) is 0 Å². The molecule has 1 heterocycles. The summed E-state index contributed by atoms with van der Waals surface area (Å²) in [6.07, 6.45) is 2.16. The van der Waals surface area contributed by atoms with Gasteiger partial charge in [0.15, 0.2) is 0 Å². The number of nitrogens with zero attached hydrogens (tertiary/aromatic N) is 1. The molecule has 1 N–H and O–H groups in total. The average Bonchev–Trinajstić information content (AvgIpc) is 1.88. The number of ketones is 1. The quantitative estimate of drug-likeness (QED) is 0.608. The molecule has 0 aliphatic carbocycles. The van der Waals surface area contributed by atoms with E-state index in [0.717, 1.165) is 5.70 Å². The molecule has 0 aromatic rings. The molecule has 1 aliphatic rings. The van der Waals surface area contributed by atoms with E-state index in [4.69, 9.17) is 0 Å². The number of hydrogen-bond acceptors (Lipinski definition) is 4. The van der Waals surface area contributed by atoms with Crippen LogP contribution in [0, 0.1) is 0 Å². The Morgan fingerprint density at radius 3 is 3.20 bits per heavy atom. The van der Waals surface area contributed by atoms with Crippen LogP contribution in [-0.2, 0) is 4.79 Å². The fourth-order valence-corrected chi connectivity index (χ4v) is 1.07. The monoisotopic (exact) mass is 156 g/mol. The third-order valence-corrected chi connectivity index (χ3v) is 1.46. The zero-order valence-electron chi connectivity index (χ0n) is 5.63. The number of allylic oxidation sites excluding steroid dienone is 1. The third-order valence-electron chi connectivity index (χ3n) is 0.995. The van der Waals surface area contributed by atoms with Gasteiger partial charge in [0, 0.05) is 12.6 Å². The minimum atomic E-state index is 0.136. The van der Waals surface area contributed by atoms with Crippen molar-refractivity contribution in [3.8, 4) is 0 Å². The van der Waals surface area contributed by atoms with Gasteiger partial charge < -0.3 is 4.72 Å². The van der Waals surface area contributed by atoms with Gasteiger partial charge in [-0.2, -0.15) is 0 Å². The minimum absolute atomic E-state index is 0.136. The van der Waals surface area contributed by atoms with Crippen LogP contribution in [0.15, 0.2) is 16.9 Å². The van der Waals surface area contributed by atoms with Crippen LogP contribution < -0.4 is 4.72 Å². The molecule has 0 spiro atoms. The van der Waals surface area contributed by atoms with Crippen molar-refractivity contribution >= 4 is 23.3 Å². The molecule has 0 unspecified atom stereocenters. The molecule has 0 atom stereocenters. The lowest BCUT2D eigenvalue weighted by atomic mass is 10.2. The molecule has 0 radical (unpaired) electrons. The molecule has 0 saturated heterocycles. The number of rotatable bonds is 2. The normalized spacial score (nSPS) is 15.9. The number of carbonyl (C=O) groups excluding carboxylic acids is 1. The SMILES string of the molecule is CC(=O)CC1=CNSC=N1. The second-order valence-electron chi connectivity index (χ2n) is 1.98. The Balaban J connectivity index is 2.48. The average molecular weight is 156 g/mol. The molecule has 1 rings (SSSR count). The van der Waals surface area contributed by atoms with Gasteiger partial charge in [-0.25, -0.2) is 0 Å². The predicted octanol–water partition coefficient (Wildman–Crippen LogP) is 1.09. The molecule has 54 valence electrons. The molecule has 3 nitrogen and oxygen atoms in total. The summed E-state index contributed by atoms with van der Waals surface area (Å²) in [5.74, 6) is 0.136. The first-order valence-electron chi connectivity index (χ1n) is 2.91. The van der Waals surface area contributed by atoms with E-state index in [0.29, 0.717) is 6.42 Å². The highest BCUT2D eigenvalue weighted by atomic mass is 32.2. The first kappa shape index (κ1) is 7.34. The maximum atomic E-state index is 10.6. The summed E-state index contributed by atoms with van der Waals surface area (Å²) in [7, 11) is 0. The number of carbonyl (C=O) groups is 1. The van der Waals surface area contributed by atoms with Gasteiger partial charge in [0.05, 0.1) is 11.2 Å². The molecular weight excluding hydrogens is 148 g/mol. The van der Waals surface area contributed by atoms with Crippen LogP contribution in [0.5, 0.6) is 0 Å². The van der Waals surface area contributed by atoms with E-state index in [1.54, 1.807) is 18.7 Å². The second-order valence-corrected chi connectivity index (χ2v) is 2.67. The van der Waals surface area contributed by atoms with Crippen molar-refractivity contribution in [3.05, 3.63) is 11.9 Å². The van der Waals surface area contributed by atoms with Crippen molar-refractivity contribution in [2.75, 3.05) is 0 Å². The van der Waals surface area contributed by atoms with E-state index in [1.165, 1.54) is 11.9 Å². The topological polar surface area (TPSA) is 41.5 Å². The lowest BCUT2D eigenvalue weighted by molar-refractivity contribution is -0.116. The zero-order chi connectivity index (χ0) is 7.40. The first-order chi connectivity index (χ1) is 4.79. The Morgan fingerprint density at radius 1 is 1.90 bits per heavy atom. The molecule has 0 amide bonds. The first-order valence-corrected chi connectivity index (χ1v) is 3.79. The van der Waals surface area contributed by atoms with Crippen molar-refractivity contribution in [2.24, 2.45) is 4.99 Å². The summed E-state index contributed by atoms with van der Waals surface area (Å²) in [5.41, 5.74) is 2.48. The molecule has 0 bridgehead atoms. The van der Waals surface area contributed by atoms with E-state index in [-0.39, 0.29) is 5.78 Å².